The molecule has 1 aromatic carbocycles. The van der Waals surface area contributed by atoms with Gasteiger partial charge in [0.15, 0.2) is 0 Å². The van der Waals surface area contributed by atoms with Gasteiger partial charge in [-0.05, 0) is 19.9 Å². The summed E-state index contributed by atoms with van der Waals surface area (Å²) in [5.74, 6) is -1.93. The van der Waals surface area contributed by atoms with E-state index in [1.807, 2.05) is 12.2 Å². The third kappa shape index (κ3) is 1.85. The number of benzene rings is 1. The molecule has 2 bridgehead atoms. The number of nitrogens with zero attached hydrogens (tertiary/aromatic N) is 2. The van der Waals surface area contributed by atoms with E-state index in [1.165, 1.54) is 25.3 Å². The van der Waals surface area contributed by atoms with E-state index in [-0.39, 0.29) is 17.1 Å². The first-order chi connectivity index (χ1) is 11.7. The number of nitro groups is 1. The van der Waals surface area contributed by atoms with Crippen LogP contribution in [0, 0.1) is 22.0 Å². The number of amides is 2. The Kier molecular flexibility index (Phi) is 2.94. The quantitative estimate of drug-likeness (QED) is 0.359. The van der Waals surface area contributed by atoms with Gasteiger partial charge in [0.2, 0.25) is 11.8 Å². The largest absolute Gasteiger partial charge is 0.495 e. The van der Waals surface area contributed by atoms with E-state index in [0.717, 1.165) is 4.90 Å². The molecule has 0 aromatic heterocycles. The van der Waals surface area contributed by atoms with E-state index < -0.39 is 39.8 Å². The standard InChI is InChI=1S/C17H16N2O6/c1-16-6-7-17(2,25-16)13-12(16)14(20)18(15(13)21)10-8-9(19(22)23)4-5-11(10)24-3/h4-8,12-13H,1-3H3/t12-,13-,16-,17-/m1/s1. The van der Waals surface area contributed by atoms with Crippen molar-refractivity contribution < 1.29 is 24.0 Å². The second-order valence-corrected chi connectivity index (χ2v) is 6.88. The molecule has 8 heteroatoms. The minimum Gasteiger partial charge on any atom is -0.495 e. The first-order valence-electron chi connectivity index (χ1n) is 7.83. The van der Waals surface area contributed by atoms with Crippen molar-refractivity contribution in [2.75, 3.05) is 12.0 Å². The van der Waals surface area contributed by atoms with Crippen LogP contribution in [0.4, 0.5) is 11.4 Å². The lowest BCUT2D eigenvalue weighted by molar-refractivity contribution is -0.384. The molecule has 8 nitrogen and oxygen atoms in total. The van der Waals surface area contributed by atoms with Crippen molar-refractivity contribution >= 4 is 23.2 Å². The van der Waals surface area contributed by atoms with Gasteiger partial charge in [0, 0.05) is 12.1 Å². The molecule has 0 aliphatic carbocycles. The number of anilines is 1. The first-order valence-corrected chi connectivity index (χ1v) is 7.83. The molecule has 4 atom stereocenters. The van der Waals surface area contributed by atoms with Crippen LogP contribution in [0.2, 0.25) is 0 Å². The van der Waals surface area contributed by atoms with E-state index >= 15 is 0 Å². The lowest BCUT2D eigenvalue weighted by Gasteiger charge is -2.25. The van der Waals surface area contributed by atoms with Crippen molar-refractivity contribution in [3.8, 4) is 5.75 Å². The zero-order valence-corrected chi connectivity index (χ0v) is 13.9. The van der Waals surface area contributed by atoms with Crippen LogP contribution in [0.25, 0.3) is 0 Å². The first kappa shape index (κ1) is 15.8. The van der Waals surface area contributed by atoms with Crippen LogP contribution in [-0.4, -0.2) is 35.0 Å². The molecule has 25 heavy (non-hydrogen) atoms. The van der Waals surface area contributed by atoms with Gasteiger partial charge in [-0.25, -0.2) is 4.90 Å². The molecule has 4 rings (SSSR count). The third-order valence-corrected chi connectivity index (χ3v) is 5.34. The molecule has 2 amide bonds. The number of imide groups is 1. The summed E-state index contributed by atoms with van der Waals surface area (Å²) in [6, 6.07) is 3.84. The van der Waals surface area contributed by atoms with Gasteiger partial charge in [0.25, 0.3) is 5.69 Å². The Hall–Kier alpha value is -2.74. The molecule has 0 unspecified atom stereocenters. The number of non-ortho nitro benzene ring substituents is 1. The fourth-order valence-corrected chi connectivity index (χ4v) is 4.24. The Labute approximate surface area is 143 Å². The number of hydrogen-bond acceptors (Lipinski definition) is 6. The summed E-state index contributed by atoms with van der Waals surface area (Å²) in [5.41, 5.74) is -1.83. The average molecular weight is 344 g/mol. The molecule has 1 aromatic rings. The SMILES string of the molecule is COc1ccc([N+](=O)[O-])cc1N1C(=O)[C@H]2[C@H](C1=O)[C@@]1(C)C=C[C@@]2(C)O1. The van der Waals surface area contributed by atoms with Gasteiger partial charge in [0.1, 0.15) is 11.4 Å². The van der Waals surface area contributed by atoms with Crippen molar-refractivity contribution in [2.24, 2.45) is 11.8 Å². The smallest absolute Gasteiger partial charge is 0.271 e. The minimum absolute atomic E-state index is 0.0905. The molecule has 3 aliphatic rings. The highest BCUT2D eigenvalue weighted by atomic mass is 16.6. The maximum atomic E-state index is 13.1. The summed E-state index contributed by atoms with van der Waals surface area (Å²) in [6.45, 7) is 3.55. The summed E-state index contributed by atoms with van der Waals surface area (Å²) in [4.78, 5) is 37.6. The lowest BCUT2D eigenvalue weighted by Crippen LogP contribution is -2.39. The fraction of sp³-hybridized carbons (Fsp3) is 0.412. The third-order valence-electron chi connectivity index (χ3n) is 5.34. The van der Waals surface area contributed by atoms with Gasteiger partial charge in [-0.3, -0.25) is 19.7 Å². The Morgan fingerprint density at radius 1 is 1.16 bits per heavy atom. The summed E-state index contributed by atoms with van der Waals surface area (Å²) in [5, 5.41) is 11.1. The van der Waals surface area contributed by atoms with Crippen molar-refractivity contribution in [3.05, 3.63) is 40.5 Å². The molecular weight excluding hydrogens is 328 g/mol. The number of fused-ring (bicyclic) bond motifs is 5. The maximum Gasteiger partial charge on any atom is 0.271 e. The molecule has 0 N–H and O–H groups in total. The predicted octanol–water partition coefficient (Wildman–Crippen LogP) is 1.83. The van der Waals surface area contributed by atoms with Crippen LogP contribution in [0.15, 0.2) is 30.4 Å². The van der Waals surface area contributed by atoms with Gasteiger partial charge in [0.05, 0.1) is 35.1 Å². The number of carbonyl (C=O) groups excluding carboxylic acids is 2. The number of nitro benzene ring substituents is 1. The van der Waals surface area contributed by atoms with E-state index in [4.69, 9.17) is 9.47 Å². The summed E-state index contributed by atoms with van der Waals surface area (Å²) >= 11 is 0. The summed E-state index contributed by atoms with van der Waals surface area (Å²) < 4.78 is 11.2. The van der Waals surface area contributed by atoms with Crippen molar-refractivity contribution in [1.82, 2.24) is 0 Å². The minimum atomic E-state index is -0.852. The molecule has 0 spiro atoms. The normalized spacial score (nSPS) is 35.4. The van der Waals surface area contributed by atoms with Gasteiger partial charge in [-0.1, -0.05) is 12.2 Å². The van der Waals surface area contributed by atoms with Crippen molar-refractivity contribution in [2.45, 2.75) is 25.0 Å². The lowest BCUT2D eigenvalue weighted by atomic mass is 9.73. The number of hydrogen-bond donors (Lipinski definition) is 0. The number of carbonyl (C=O) groups is 2. The Morgan fingerprint density at radius 2 is 1.72 bits per heavy atom. The van der Waals surface area contributed by atoms with Gasteiger partial charge >= 0.3 is 0 Å². The van der Waals surface area contributed by atoms with Gasteiger partial charge in [-0.15, -0.1) is 0 Å². The highest BCUT2D eigenvalue weighted by Gasteiger charge is 2.70. The Morgan fingerprint density at radius 3 is 2.20 bits per heavy atom. The average Bonchev–Trinajstić information content (AvgIpc) is 3.11. The van der Waals surface area contributed by atoms with Gasteiger partial charge < -0.3 is 9.47 Å². The van der Waals surface area contributed by atoms with E-state index in [9.17, 15) is 19.7 Å². The van der Waals surface area contributed by atoms with Crippen LogP contribution in [-0.2, 0) is 14.3 Å². The summed E-state index contributed by atoms with van der Waals surface area (Å²) in [7, 11) is 1.38. The molecule has 130 valence electrons. The number of methoxy groups -OCH3 is 1. The molecule has 0 saturated carbocycles. The second kappa shape index (κ2) is 4.66. The van der Waals surface area contributed by atoms with Crippen LogP contribution >= 0.6 is 0 Å². The Bertz CT molecular complexity index is 829. The number of ether oxygens (including phenoxy) is 2. The summed E-state index contributed by atoms with van der Waals surface area (Å²) in [6.07, 6.45) is 3.63. The van der Waals surface area contributed by atoms with Crippen molar-refractivity contribution in [1.29, 1.82) is 0 Å². The topological polar surface area (TPSA) is 99.0 Å². The van der Waals surface area contributed by atoms with Crippen LogP contribution < -0.4 is 9.64 Å². The van der Waals surface area contributed by atoms with E-state index in [2.05, 4.69) is 0 Å². The van der Waals surface area contributed by atoms with Crippen LogP contribution in [0.1, 0.15) is 13.8 Å². The molecule has 3 heterocycles. The van der Waals surface area contributed by atoms with Crippen LogP contribution in [0.5, 0.6) is 5.75 Å². The predicted molar refractivity (Wildman–Crippen MR) is 86.2 cm³/mol. The fourth-order valence-electron chi connectivity index (χ4n) is 4.24. The highest BCUT2D eigenvalue weighted by molar-refractivity contribution is 6.24. The Balaban J connectivity index is 1.84. The van der Waals surface area contributed by atoms with Crippen LogP contribution in [0.3, 0.4) is 0 Å². The zero-order valence-electron chi connectivity index (χ0n) is 13.9. The van der Waals surface area contributed by atoms with Crippen molar-refractivity contribution in [3.63, 3.8) is 0 Å². The zero-order chi connectivity index (χ0) is 18.1. The molecule has 2 fully saturated rings. The molecule has 3 aliphatic heterocycles. The monoisotopic (exact) mass is 344 g/mol. The maximum absolute atomic E-state index is 13.1. The molecule has 2 saturated heterocycles. The number of rotatable bonds is 3. The highest BCUT2D eigenvalue weighted by Crippen LogP contribution is 2.58. The van der Waals surface area contributed by atoms with Gasteiger partial charge in [-0.2, -0.15) is 0 Å². The molecule has 0 radical (unpaired) electrons. The second-order valence-electron chi connectivity index (χ2n) is 6.88. The van der Waals surface area contributed by atoms with E-state index in [1.54, 1.807) is 13.8 Å². The van der Waals surface area contributed by atoms with E-state index in [0.29, 0.717) is 0 Å². The molecular formula is C17H16N2O6.